The number of aromatic hydroxyl groups is 1. The van der Waals surface area contributed by atoms with Gasteiger partial charge in [-0.15, -0.1) is 0 Å². The Bertz CT molecular complexity index is 1080. The van der Waals surface area contributed by atoms with Gasteiger partial charge in [-0.1, -0.05) is 55.7 Å². The van der Waals surface area contributed by atoms with E-state index >= 15 is 0 Å². The monoisotopic (exact) mass is 502 g/mol. The first-order valence-corrected chi connectivity index (χ1v) is 13.9. The average molecular weight is 503 g/mol. The lowest BCUT2D eigenvalue weighted by Crippen LogP contribution is -2.05. The number of benzene rings is 2. The Balaban J connectivity index is 2.48. The summed E-state index contributed by atoms with van der Waals surface area (Å²) in [6.07, 6.45) is 5.13. The number of phenols is 1. The molecule has 2 rings (SSSR count). The summed E-state index contributed by atoms with van der Waals surface area (Å²) < 4.78 is 30.0. The summed E-state index contributed by atoms with van der Waals surface area (Å²) in [5.74, 6) is 0.0528. The number of carbonyl (C=O) groups is 1. The van der Waals surface area contributed by atoms with E-state index in [4.69, 9.17) is 13.8 Å². The summed E-state index contributed by atoms with van der Waals surface area (Å²) in [6, 6.07) is 9.56. The molecule has 0 amide bonds. The minimum Gasteiger partial charge on any atom is -0.507 e. The SMILES string of the molecule is C=C(C)c1ccc(C)cc1-c1c(O)cc(CCCCC)cc1OP(=O)(CCCCOC(C)=O)OC. The molecule has 0 spiro atoms. The number of hydrogen-bond acceptors (Lipinski definition) is 6. The van der Waals surface area contributed by atoms with Crippen LogP contribution in [0.1, 0.15) is 69.6 Å². The molecule has 0 aromatic heterocycles. The summed E-state index contributed by atoms with van der Waals surface area (Å²) in [6.45, 7) is 11.7. The molecule has 0 aliphatic rings. The van der Waals surface area contributed by atoms with Crippen LogP contribution in [-0.2, 0) is 25.0 Å². The van der Waals surface area contributed by atoms with Gasteiger partial charge in [0.05, 0.1) is 18.3 Å². The van der Waals surface area contributed by atoms with E-state index in [1.54, 1.807) is 6.07 Å². The van der Waals surface area contributed by atoms with Gasteiger partial charge in [0.25, 0.3) is 0 Å². The lowest BCUT2D eigenvalue weighted by molar-refractivity contribution is -0.141. The van der Waals surface area contributed by atoms with Gasteiger partial charge in [-0.3, -0.25) is 4.79 Å². The van der Waals surface area contributed by atoms with Gasteiger partial charge >= 0.3 is 13.6 Å². The van der Waals surface area contributed by atoms with E-state index in [1.165, 1.54) is 14.0 Å². The highest BCUT2D eigenvalue weighted by Crippen LogP contribution is 2.53. The molecule has 2 aromatic carbocycles. The fraction of sp³-hybridized carbons (Fsp3) is 0.464. The van der Waals surface area contributed by atoms with Gasteiger partial charge in [0.2, 0.25) is 0 Å². The molecule has 0 aliphatic carbocycles. The number of unbranched alkanes of at least 4 members (excludes halogenated alkanes) is 3. The summed E-state index contributed by atoms with van der Waals surface area (Å²) >= 11 is 0. The molecule has 0 bridgehead atoms. The Kier molecular flexibility index (Phi) is 11.1. The van der Waals surface area contributed by atoms with Gasteiger partial charge in [0.15, 0.2) is 0 Å². The van der Waals surface area contributed by atoms with E-state index in [9.17, 15) is 14.5 Å². The zero-order valence-electron chi connectivity index (χ0n) is 21.7. The molecule has 2 aromatic rings. The second kappa shape index (κ2) is 13.5. The molecule has 35 heavy (non-hydrogen) atoms. The normalized spacial score (nSPS) is 12.7. The van der Waals surface area contributed by atoms with Crippen molar-refractivity contribution < 1.29 is 28.3 Å². The van der Waals surface area contributed by atoms with Crippen LogP contribution in [0.25, 0.3) is 16.7 Å². The topological polar surface area (TPSA) is 82.1 Å². The molecule has 1 N–H and O–H groups in total. The van der Waals surface area contributed by atoms with Crippen LogP contribution in [0.15, 0.2) is 36.9 Å². The second-order valence-electron chi connectivity index (χ2n) is 8.93. The number of carbonyl (C=O) groups excluding carboxylic acids is 1. The Morgan fingerprint density at radius 1 is 1.09 bits per heavy atom. The van der Waals surface area contributed by atoms with E-state index in [1.807, 2.05) is 38.1 Å². The molecule has 6 nitrogen and oxygen atoms in total. The Labute approximate surface area is 209 Å². The summed E-state index contributed by atoms with van der Waals surface area (Å²) in [5.41, 5.74) is 4.89. The number of esters is 1. The predicted molar refractivity (Wildman–Crippen MR) is 142 cm³/mol. The van der Waals surface area contributed by atoms with Gasteiger partial charge in [-0.25, -0.2) is 4.57 Å². The highest BCUT2D eigenvalue weighted by molar-refractivity contribution is 7.54. The predicted octanol–water partition coefficient (Wildman–Crippen LogP) is 7.70. The van der Waals surface area contributed by atoms with Gasteiger partial charge in [0.1, 0.15) is 11.5 Å². The average Bonchev–Trinajstić information content (AvgIpc) is 2.78. The van der Waals surface area contributed by atoms with Crippen LogP contribution in [-0.4, -0.2) is 31.0 Å². The van der Waals surface area contributed by atoms with Crippen molar-refractivity contribution in [2.45, 2.75) is 66.2 Å². The Morgan fingerprint density at radius 3 is 2.46 bits per heavy atom. The zero-order chi connectivity index (χ0) is 26.0. The Morgan fingerprint density at radius 2 is 1.83 bits per heavy atom. The molecular formula is C28H39O6P. The molecule has 1 atom stereocenters. The van der Waals surface area contributed by atoms with Crippen LogP contribution < -0.4 is 4.52 Å². The maximum absolute atomic E-state index is 13.5. The van der Waals surface area contributed by atoms with Crippen molar-refractivity contribution in [1.82, 2.24) is 0 Å². The molecule has 0 radical (unpaired) electrons. The molecule has 0 saturated carbocycles. The molecule has 0 fully saturated rings. The standard InChI is InChI=1S/C28H39O6P/c1-7-8-9-12-23-18-26(30)28(25-17-21(4)13-14-24(25)20(2)3)27(19-23)34-35(31,32-6)16-11-10-15-33-22(5)29/h13-14,17-19,30H,2,7-12,15-16H2,1,3-6H3. The van der Waals surface area contributed by atoms with Gasteiger partial charge in [-0.2, -0.15) is 0 Å². The van der Waals surface area contributed by atoms with Crippen LogP contribution in [0.4, 0.5) is 0 Å². The molecule has 0 aliphatic heterocycles. The van der Waals surface area contributed by atoms with Gasteiger partial charge in [0, 0.05) is 14.0 Å². The van der Waals surface area contributed by atoms with Crippen molar-refractivity contribution in [3.63, 3.8) is 0 Å². The highest BCUT2D eigenvalue weighted by Gasteiger charge is 2.28. The molecule has 0 heterocycles. The third-order valence-electron chi connectivity index (χ3n) is 5.76. The maximum Gasteiger partial charge on any atom is 0.378 e. The summed E-state index contributed by atoms with van der Waals surface area (Å²) in [4.78, 5) is 11.0. The van der Waals surface area contributed by atoms with Crippen molar-refractivity contribution >= 4 is 19.1 Å². The summed E-state index contributed by atoms with van der Waals surface area (Å²) in [7, 11) is -2.16. The van der Waals surface area contributed by atoms with Crippen molar-refractivity contribution in [2.75, 3.05) is 19.9 Å². The lowest BCUT2D eigenvalue weighted by atomic mass is 9.91. The van der Waals surface area contributed by atoms with E-state index in [0.717, 1.165) is 53.5 Å². The van der Waals surface area contributed by atoms with Crippen LogP contribution in [0.3, 0.4) is 0 Å². The third-order valence-corrected chi connectivity index (χ3v) is 7.66. The maximum atomic E-state index is 13.5. The second-order valence-corrected chi connectivity index (χ2v) is 11.1. The van der Waals surface area contributed by atoms with Crippen molar-refractivity contribution in [3.8, 4) is 22.6 Å². The first-order valence-electron chi connectivity index (χ1n) is 12.2. The van der Waals surface area contributed by atoms with Crippen molar-refractivity contribution in [1.29, 1.82) is 0 Å². The van der Waals surface area contributed by atoms with Crippen LogP contribution >= 0.6 is 7.60 Å². The van der Waals surface area contributed by atoms with E-state index < -0.39 is 7.60 Å². The quantitative estimate of drug-likeness (QED) is 0.162. The van der Waals surface area contributed by atoms with Crippen molar-refractivity contribution in [2.24, 2.45) is 0 Å². The first kappa shape index (κ1) is 28.7. The Hall–Kier alpha value is -2.56. The van der Waals surface area contributed by atoms with Crippen LogP contribution in [0.5, 0.6) is 11.5 Å². The summed E-state index contributed by atoms with van der Waals surface area (Å²) in [5, 5.41) is 11.2. The zero-order valence-corrected chi connectivity index (χ0v) is 22.6. The molecule has 1 unspecified atom stereocenters. The molecular weight excluding hydrogens is 463 g/mol. The highest BCUT2D eigenvalue weighted by atomic mass is 31.2. The smallest absolute Gasteiger partial charge is 0.378 e. The van der Waals surface area contributed by atoms with E-state index in [2.05, 4.69) is 13.5 Å². The number of hydrogen-bond donors (Lipinski definition) is 1. The molecule has 0 saturated heterocycles. The number of phenolic OH excluding ortho intramolecular Hbond substituents is 1. The largest absolute Gasteiger partial charge is 0.507 e. The number of rotatable bonds is 14. The van der Waals surface area contributed by atoms with Crippen LogP contribution in [0, 0.1) is 6.92 Å². The number of allylic oxidation sites excluding steroid dienone is 1. The molecule has 192 valence electrons. The van der Waals surface area contributed by atoms with Gasteiger partial charge in [-0.05, 0) is 68.4 Å². The van der Waals surface area contributed by atoms with Crippen LogP contribution in [0.2, 0.25) is 0 Å². The van der Waals surface area contributed by atoms with Crippen molar-refractivity contribution in [3.05, 3.63) is 53.6 Å². The number of ether oxygens (including phenoxy) is 1. The van der Waals surface area contributed by atoms with Gasteiger partial charge < -0.3 is 18.9 Å². The third kappa shape index (κ3) is 8.55. The van der Waals surface area contributed by atoms with E-state index in [-0.39, 0.29) is 24.5 Å². The minimum absolute atomic E-state index is 0.0691. The van der Waals surface area contributed by atoms with E-state index in [0.29, 0.717) is 24.2 Å². The minimum atomic E-state index is -3.53. The molecule has 7 heteroatoms. The first-order chi connectivity index (χ1) is 16.6. The number of aryl methyl sites for hydroxylation is 2. The fourth-order valence-electron chi connectivity index (χ4n) is 3.91. The lowest BCUT2D eigenvalue weighted by Gasteiger charge is -2.22. The fourth-order valence-corrected chi connectivity index (χ4v) is 5.31.